The van der Waals surface area contributed by atoms with Crippen LogP contribution in [0.4, 0.5) is 0 Å². The number of benzene rings is 1. The SMILES string of the molecule is CCn1c(CCl)nnc1CCc1cccc(C)c1. The van der Waals surface area contributed by atoms with Crippen LogP contribution in [0.25, 0.3) is 0 Å². The van der Waals surface area contributed by atoms with Crippen LogP contribution in [0.5, 0.6) is 0 Å². The van der Waals surface area contributed by atoms with Crippen molar-refractivity contribution in [3.05, 3.63) is 47.0 Å². The van der Waals surface area contributed by atoms with E-state index in [0.29, 0.717) is 5.88 Å². The molecule has 0 bridgehead atoms. The summed E-state index contributed by atoms with van der Waals surface area (Å²) in [4.78, 5) is 0. The van der Waals surface area contributed by atoms with E-state index in [2.05, 4.69) is 52.9 Å². The first-order valence-electron chi connectivity index (χ1n) is 6.27. The van der Waals surface area contributed by atoms with E-state index in [1.54, 1.807) is 0 Å². The molecule has 96 valence electrons. The van der Waals surface area contributed by atoms with E-state index in [1.807, 2.05) is 0 Å². The fraction of sp³-hybridized carbons (Fsp3) is 0.429. The van der Waals surface area contributed by atoms with Gasteiger partial charge in [-0.2, -0.15) is 0 Å². The monoisotopic (exact) mass is 263 g/mol. The minimum atomic E-state index is 0.422. The van der Waals surface area contributed by atoms with Crippen molar-refractivity contribution in [2.45, 2.75) is 39.1 Å². The van der Waals surface area contributed by atoms with Crippen molar-refractivity contribution in [3.8, 4) is 0 Å². The van der Waals surface area contributed by atoms with E-state index in [9.17, 15) is 0 Å². The molecule has 0 saturated carbocycles. The normalized spacial score (nSPS) is 10.8. The lowest BCUT2D eigenvalue weighted by Gasteiger charge is -2.06. The zero-order chi connectivity index (χ0) is 13.0. The summed E-state index contributed by atoms with van der Waals surface area (Å²) in [7, 11) is 0. The lowest BCUT2D eigenvalue weighted by Crippen LogP contribution is -2.06. The number of rotatable bonds is 5. The molecule has 4 heteroatoms. The Morgan fingerprint density at radius 2 is 1.94 bits per heavy atom. The third kappa shape index (κ3) is 2.91. The Morgan fingerprint density at radius 3 is 2.61 bits per heavy atom. The number of halogens is 1. The van der Waals surface area contributed by atoms with E-state index in [-0.39, 0.29) is 0 Å². The Balaban J connectivity index is 2.08. The molecule has 0 unspecified atom stereocenters. The van der Waals surface area contributed by atoms with Gasteiger partial charge in [0.25, 0.3) is 0 Å². The number of aromatic nitrogens is 3. The summed E-state index contributed by atoms with van der Waals surface area (Å²) >= 11 is 5.84. The van der Waals surface area contributed by atoms with Crippen molar-refractivity contribution in [3.63, 3.8) is 0 Å². The molecule has 1 heterocycles. The number of nitrogens with zero attached hydrogens (tertiary/aromatic N) is 3. The van der Waals surface area contributed by atoms with Gasteiger partial charge >= 0.3 is 0 Å². The van der Waals surface area contributed by atoms with Gasteiger partial charge in [0.15, 0.2) is 0 Å². The topological polar surface area (TPSA) is 30.7 Å². The van der Waals surface area contributed by atoms with Crippen molar-refractivity contribution >= 4 is 11.6 Å². The molecule has 0 aliphatic carbocycles. The standard InChI is InChI=1S/C14H18ClN3/c1-3-18-13(16-17-14(18)10-15)8-7-12-6-4-5-11(2)9-12/h4-6,9H,3,7-8,10H2,1-2H3. The summed E-state index contributed by atoms with van der Waals surface area (Å²) in [5.41, 5.74) is 2.64. The predicted molar refractivity (Wildman–Crippen MR) is 73.8 cm³/mol. The Morgan fingerprint density at radius 1 is 1.17 bits per heavy atom. The lowest BCUT2D eigenvalue weighted by molar-refractivity contribution is 0.668. The highest BCUT2D eigenvalue weighted by Gasteiger charge is 2.09. The minimum absolute atomic E-state index is 0.422. The third-order valence-electron chi connectivity index (χ3n) is 3.06. The highest BCUT2D eigenvalue weighted by Crippen LogP contribution is 2.10. The van der Waals surface area contributed by atoms with Crippen LogP contribution in [-0.4, -0.2) is 14.8 Å². The van der Waals surface area contributed by atoms with Gasteiger partial charge in [0.1, 0.15) is 11.6 Å². The molecule has 0 radical (unpaired) electrons. The van der Waals surface area contributed by atoms with Crippen LogP contribution in [0.15, 0.2) is 24.3 Å². The predicted octanol–water partition coefficient (Wildman–Crippen LogP) is 3.13. The third-order valence-corrected chi connectivity index (χ3v) is 3.30. The van der Waals surface area contributed by atoms with E-state index < -0.39 is 0 Å². The van der Waals surface area contributed by atoms with Crippen molar-refractivity contribution in [1.82, 2.24) is 14.8 Å². The Hall–Kier alpha value is -1.35. The molecule has 2 rings (SSSR count). The van der Waals surface area contributed by atoms with E-state index >= 15 is 0 Å². The zero-order valence-corrected chi connectivity index (χ0v) is 11.6. The van der Waals surface area contributed by atoms with E-state index in [4.69, 9.17) is 11.6 Å². The van der Waals surface area contributed by atoms with Crippen molar-refractivity contribution in [2.75, 3.05) is 0 Å². The van der Waals surface area contributed by atoms with Gasteiger partial charge in [-0.1, -0.05) is 29.8 Å². The summed E-state index contributed by atoms with van der Waals surface area (Å²) < 4.78 is 2.10. The molecule has 2 aromatic rings. The van der Waals surface area contributed by atoms with E-state index in [0.717, 1.165) is 31.0 Å². The second kappa shape index (κ2) is 6.01. The van der Waals surface area contributed by atoms with Crippen LogP contribution in [0, 0.1) is 6.92 Å². The lowest BCUT2D eigenvalue weighted by atomic mass is 10.1. The molecule has 0 N–H and O–H groups in total. The summed E-state index contributed by atoms with van der Waals surface area (Å²) in [6.45, 7) is 5.08. The smallest absolute Gasteiger partial charge is 0.147 e. The molecule has 0 spiro atoms. The van der Waals surface area contributed by atoms with Crippen LogP contribution < -0.4 is 0 Å². The molecular formula is C14H18ClN3. The molecule has 1 aromatic heterocycles. The highest BCUT2D eigenvalue weighted by atomic mass is 35.5. The molecular weight excluding hydrogens is 246 g/mol. The molecule has 3 nitrogen and oxygen atoms in total. The van der Waals surface area contributed by atoms with Gasteiger partial charge in [0, 0.05) is 13.0 Å². The van der Waals surface area contributed by atoms with Gasteiger partial charge < -0.3 is 4.57 Å². The zero-order valence-electron chi connectivity index (χ0n) is 10.9. The van der Waals surface area contributed by atoms with Crippen LogP contribution >= 0.6 is 11.6 Å². The summed E-state index contributed by atoms with van der Waals surface area (Å²) in [6.07, 6.45) is 1.89. The number of hydrogen-bond donors (Lipinski definition) is 0. The van der Waals surface area contributed by atoms with Gasteiger partial charge in [0.2, 0.25) is 0 Å². The first kappa shape index (κ1) is 13.1. The summed E-state index contributed by atoms with van der Waals surface area (Å²) in [6, 6.07) is 8.58. The molecule has 0 saturated heterocycles. The number of alkyl halides is 1. The molecule has 18 heavy (non-hydrogen) atoms. The highest BCUT2D eigenvalue weighted by molar-refractivity contribution is 6.16. The fourth-order valence-electron chi connectivity index (χ4n) is 2.15. The van der Waals surface area contributed by atoms with Crippen molar-refractivity contribution < 1.29 is 0 Å². The van der Waals surface area contributed by atoms with E-state index in [1.165, 1.54) is 11.1 Å². The maximum atomic E-state index is 5.84. The Kier molecular flexibility index (Phi) is 4.37. The second-order valence-corrected chi connectivity index (χ2v) is 4.67. The van der Waals surface area contributed by atoms with Crippen molar-refractivity contribution in [1.29, 1.82) is 0 Å². The van der Waals surface area contributed by atoms with Gasteiger partial charge in [-0.05, 0) is 25.8 Å². The van der Waals surface area contributed by atoms with Gasteiger partial charge in [-0.15, -0.1) is 21.8 Å². The first-order chi connectivity index (χ1) is 8.74. The number of hydrogen-bond acceptors (Lipinski definition) is 2. The number of aryl methyl sites for hydroxylation is 3. The molecule has 0 aliphatic heterocycles. The Labute approximate surface area is 113 Å². The Bertz CT molecular complexity index is 520. The van der Waals surface area contributed by atoms with Crippen LogP contribution in [0.2, 0.25) is 0 Å². The maximum Gasteiger partial charge on any atom is 0.147 e. The maximum absolute atomic E-state index is 5.84. The minimum Gasteiger partial charge on any atom is -0.314 e. The molecule has 0 atom stereocenters. The van der Waals surface area contributed by atoms with Gasteiger partial charge in [-0.3, -0.25) is 0 Å². The van der Waals surface area contributed by atoms with Crippen molar-refractivity contribution in [2.24, 2.45) is 0 Å². The average molecular weight is 264 g/mol. The molecule has 1 aromatic carbocycles. The molecule has 0 amide bonds. The van der Waals surface area contributed by atoms with Crippen LogP contribution in [0.1, 0.15) is 29.7 Å². The van der Waals surface area contributed by atoms with Gasteiger partial charge in [-0.25, -0.2) is 0 Å². The second-order valence-electron chi connectivity index (χ2n) is 4.40. The largest absolute Gasteiger partial charge is 0.314 e. The van der Waals surface area contributed by atoms with Crippen LogP contribution in [0.3, 0.4) is 0 Å². The molecule has 0 fully saturated rings. The quantitative estimate of drug-likeness (QED) is 0.776. The average Bonchev–Trinajstić information content (AvgIpc) is 2.78. The molecule has 0 aliphatic rings. The van der Waals surface area contributed by atoms with Gasteiger partial charge in [0.05, 0.1) is 5.88 Å². The summed E-state index contributed by atoms with van der Waals surface area (Å²) in [5.74, 6) is 2.30. The first-order valence-corrected chi connectivity index (χ1v) is 6.80. The summed E-state index contributed by atoms with van der Waals surface area (Å²) in [5, 5.41) is 8.34. The fourth-order valence-corrected chi connectivity index (χ4v) is 2.34. The van der Waals surface area contributed by atoms with Crippen LogP contribution in [-0.2, 0) is 25.3 Å².